The second-order valence-corrected chi connectivity index (χ2v) is 6.29. The minimum absolute atomic E-state index is 0.291. The number of halogens is 2. The number of fused-ring (bicyclic) bond motifs is 1. The Hall–Kier alpha value is -0.290. The van der Waals surface area contributed by atoms with Crippen LogP contribution in [0.25, 0.3) is 0 Å². The molecule has 0 spiro atoms. The Balaban J connectivity index is 0.000000134. The number of rotatable bonds is 1. The largest absolute Gasteiger partial charge is 0.465 e. The maximum absolute atomic E-state index is 10.8. The Morgan fingerprint density at radius 3 is 2.35 bits per heavy atom. The van der Waals surface area contributed by atoms with Crippen molar-refractivity contribution in [1.29, 1.82) is 0 Å². The highest BCUT2D eigenvalue weighted by Crippen LogP contribution is 2.62. The average molecular weight is 365 g/mol. The van der Waals surface area contributed by atoms with Crippen molar-refractivity contribution in [3.63, 3.8) is 0 Å². The molecule has 0 heterocycles. The number of esters is 1. The summed E-state index contributed by atoms with van der Waals surface area (Å²) in [5.74, 6) is 1.66. The Labute approximate surface area is 120 Å². The number of alkyl halides is 2. The van der Waals surface area contributed by atoms with Crippen molar-refractivity contribution < 1.29 is 9.53 Å². The van der Waals surface area contributed by atoms with Crippen LogP contribution in [0.3, 0.4) is 0 Å². The van der Waals surface area contributed by atoms with Crippen molar-refractivity contribution in [2.75, 3.05) is 7.11 Å². The highest BCUT2D eigenvalue weighted by molar-refractivity contribution is 14.1. The van der Waals surface area contributed by atoms with Crippen molar-refractivity contribution in [1.82, 2.24) is 0 Å². The Morgan fingerprint density at radius 2 is 2.06 bits per heavy atom. The van der Waals surface area contributed by atoms with Crippen LogP contribution in [0.2, 0.25) is 0 Å². The zero-order valence-electron chi connectivity index (χ0n) is 9.48. The van der Waals surface area contributed by atoms with Crippen molar-refractivity contribution >= 4 is 40.2 Å². The van der Waals surface area contributed by atoms with Gasteiger partial charge in [-0.1, -0.05) is 40.8 Å². The van der Waals surface area contributed by atoms with Crippen molar-refractivity contribution in [3.05, 3.63) is 35.9 Å². The van der Waals surface area contributed by atoms with Gasteiger partial charge in [0.1, 0.15) is 0 Å². The van der Waals surface area contributed by atoms with E-state index in [0.29, 0.717) is 10.9 Å². The highest BCUT2D eigenvalue weighted by atomic mass is 127. The fraction of sp³-hybridized carbons (Fsp3) is 0.462. The van der Waals surface area contributed by atoms with Gasteiger partial charge in [0.15, 0.2) is 0 Å². The standard InChI is InChI=1S/C8H8O2.C5H6ClI/c1-10-8(9)7-5-3-2-4-6-7;6-3-1-2-4(3)5(2)7/h2-6H,1H3;2-5H,1H2. The molecule has 0 amide bonds. The molecule has 4 unspecified atom stereocenters. The first-order valence-corrected chi connectivity index (χ1v) is 7.25. The molecule has 4 heteroatoms. The molecule has 17 heavy (non-hydrogen) atoms. The van der Waals surface area contributed by atoms with Crippen molar-refractivity contribution in [3.8, 4) is 0 Å². The van der Waals surface area contributed by atoms with E-state index in [1.54, 1.807) is 24.3 Å². The van der Waals surface area contributed by atoms with Crippen LogP contribution in [0, 0.1) is 11.8 Å². The van der Waals surface area contributed by atoms with Gasteiger partial charge in [-0.15, -0.1) is 11.6 Å². The van der Waals surface area contributed by atoms with E-state index >= 15 is 0 Å². The molecule has 0 aliphatic heterocycles. The first kappa shape index (κ1) is 13.1. The van der Waals surface area contributed by atoms with Crippen LogP contribution in [0.4, 0.5) is 0 Å². The normalized spacial score (nSPS) is 32.4. The lowest BCUT2D eigenvalue weighted by Gasteiger charge is -2.15. The quantitative estimate of drug-likeness (QED) is 0.433. The minimum atomic E-state index is -0.291. The molecule has 2 nitrogen and oxygen atoms in total. The van der Waals surface area contributed by atoms with E-state index in [9.17, 15) is 4.79 Å². The van der Waals surface area contributed by atoms with Crippen molar-refractivity contribution in [2.24, 2.45) is 11.8 Å². The van der Waals surface area contributed by atoms with Gasteiger partial charge in [-0.05, 0) is 30.4 Å². The number of ether oxygens (including phenoxy) is 1. The van der Waals surface area contributed by atoms with Gasteiger partial charge in [0.2, 0.25) is 0 Å². The van der Waals surface area contributed by atoms with Gasteiger partial charge in [-0.2, -0.15) is 0 Å². The topological polar surface area (TPSA) is 26.3 Å². The molecule has 92 valence electrons. The fourth-order valence-corrected chi connectivity index (χ4v) is 4.39. The summed E-state index contributed by atoms with van der Waals surface area (Å²) in [5.41, 5.74) is 0.588. The predicted molar refractivity (Wildman–Crippen MR) is 76.8 cm³/mol. The monoisotopic (exact) mass is 364 g/mol. The lowest BCUT2D eigenvalue weighted by molar-refractivity contribution is 0.0601. The molecule has 3 rings (SSSR count). The van der Waals surface area contributed by atoms with Crippen LogP contribution >= 0.6 is 34.2 Å². The molecule has 2 saturated carbocycles. The number of hydrogen-bond donors (Lipinski definition) is 0. The summed E-state index contributed by atoms with van der Waals surface area (Å²) in [4.78, 5) is 10.8. The van der Waals surface area contributed by atoms with Crippen LogP contribution in [0.1, 0.15) is 16.8 Å². The van der Waals surface area contributed by atoms with E-state index in [4.69, 9.17) is 11.6 Å². The molecule has 0 radical (unpaired) electrons. The summed E-state index contributed by atoms with van der Waals surface area (Å²) >= 11 is 8.33. The third kappa shape index (κ3) is 2.94. The first-order chi connectivity index (χ1) is 8.15. The summed E-state index contributed by atoms with van der Waals surface area (Å²) in [6.07, 6.45) is 1.29. The van der Waals surface area contributed by atoms with Crippen LogP contribution < -0.4 is 0 Å². The third-order valence-electron chi connectivity index (χ3n) is 3.24. The second kappa shape index (κ2) is 5.57. The van der Waals surface area contributed by atoms with E-state index in [1.165, 1.54) is 13.5 Å². The lowest BCUT2D eigenvalue weighted by atomic mass is 10.0. The molecule has 0 saturated heterocycles. The minimum Gasteiger partial charge on any atom is -0.465 e. The highest BCUT2D eigenvalue weighted by Gasteiger charge is 2.61. The zero-order chi connectivity index (χ0) is 12.4. The van der Waals surface area contributed by atoms with E-state index < -0.39 is 0 Å². The fourth-order valence-electron chi connectivity index (χ4n) is 2.02. The molecular formula is C13H14ClIO2. The van der Waals surface area contributed by atoms with Gasteiger partial charge in [-0.25, -0.2) is 4.79 Å². The summed E-state index contributed by atoms with van der Waals surface area (Å²) in [6.45, 7) is 0. The van der Waals surface area contributed by atoms with Gasteiger partial charge in [0.05, 0.1) is 12.7 Å². The van der Waals surface area contributed by atoms with Gasteiger partial charge in [0, 0.05) is 9.30 Å². The molecule has 1 aromatic rings. The Bertz CT molecular complexity index is 385. The zero-order valence-corrected chi connectivity index (χ0v) is 12.4. The van der Waals surface area contributed by atoms with Gasteiger partial charge in [-0.3, -0.25) is 0 Å². The number of carbonyl (C=O) groups is 1. The molecule has 2 aliphatic carbocycles. The SMILES string of the molecule is COC(=O)c1ccccc1.ClC1CC2C(I)C12. The molecule has 2 fully saturated rings. The maximum Gasteiger partial charge on any atom is 0.337 e. The number of methoxy groups -OCH3 is 1. The number of benzene rings is 1. The summed E-state index contributed by atoms with van der Waals surface area (Å²) in [7, 11) is 1.37. The molecule has 0 aromatic heterocycles. The Kier molecular flexibility index (Phi) is 4.31. The van der Waals surface area contributed by atoms with Crippen LogP contribution in [0.15, 0.2) is 30.3 Å². The summed E-state index contributed by atoms with van der Waals surface area (Å²) in [6, 6.07) is 8.88. The molecule has 0 bridgehead atoms. The van der Waals surface area contributed by atoms with E-state index in [1.807, 2.05) is 6.07 Å². The molecule has 1 aromatic carbocycles. The van der Waals surface area contributed by atoms with Gasteiger partial charge >= 0.3 is 5.97 Å². The van der Waals surface area contributed by atoms with Crippen molar-refractivity contribution in [2.45, 2.75) is 15.7 Å². The number of carbonyl (C=O) groups excluding carboxylic acids is 1. The third-order valence-corrected chi connectivity index (χ3v) is 5.46. The molecule has 4 atom stereocenters. The maximum atomic E-state index is 10.8. The second-order valence-electron chi connectivity index (χ2n) is 4.29. The summed E-state index contributed by atoms with van der Waals surface area (Å²) in [5, 5.41) is 0.548. The first-order valence-electron chi connectivity index (χ1n) is 5.56. The van der Waals surface area contributed by atoms with E-state index in [0.717, 1.165) is 15.8 Å². The molecule has 2 aliphatic rings. The summed E-state index contributed by atoms with van der Waals surface area (Å²) < 4.78 is 5.44. The molecule has 0 N–H and O–H groups in total. The van der Waals surface area contributed by atoms with Crippen LogP contribution in [0.5, 0.6) is 0 Å². The lowest BCUT2D eigenvalue weighted by Crippen LogP contribution is -2.14. The molecular weight excluding hydrogens is 350 g/mol. The van der Waals surface area contributed by atoms with E-state index in [2.05, 4.69) is 27.3 Å². The Morgan fingerprint density at radius 1 is 1.41 bits per heavy atom. The predicted octanol–water partition coefficient (Wildman–Crippen LogP) is 3.52. The van der Waals surface area contributed by atoms with Crippen LogP contribution in [-0.2, 0) is 4.74 Å². The van der Waals surface area contributed by atoms with Gasteiger partial charge in [0.25, 0.3) is 0 Å². The average Bonchev–Trinajstić information content (AvgIpc) is 2.91. The smallest absolute Gasteiger partial charge is 0.337 e. The van der Waals surface area contributed by atoms with Crippen LogP contribution in [-0.4, -0.2) is 22.4 Å². The van der Waals surface area contributed by atoms with E-state index in [-0.39, 0.29) is 5.97 Å². The van der Waals surface area contributed by atoms with Gasteiger partial charge < -0.3 is 4.74 Å². The number of hydrogen-bond acceptors (Lipinski definition) is 2.